The quantitative estimate of drug-likeness (QED) is 0.0283. The summed E-state index contributed by atoms with van der Waals surface area (Å²) < 4.78 is 24.6. The molecule has 0 aliphatic heterocycles. The average molecular weight is 1340 g/mol. The maximum atomic E-state index is 13.4. The topological polar surface area (TPSA) is 44.8 Å². The highest BCUT2D eigenvalue weighted by molar-refractivity contribution is 7.29. The molecule has 4 aliphatic carbocycles. The van der Waals surface area contributed by atoms with Gasteiger partial charge in [0.15, 0.2) is 11.3 Å². The van der Waals surface area contributed by atoms with Crippen LogP contribution in [0.2, 0.25) is 0 Å². The van der Waals surface area contributed by atoms with Gasteiger partial charge in [-0.2, -0.15) is 0 Å². The van der Waals surface area contributed by atoms with Crippen LogP contribution in [-0.4, -0.2) is 26.6 Å². The van der Waals surface area contributed by atoms with Gasteiger partial charge in [0.25, 0.3) is 0 Å². The molecule has 4 heterocycles. The van der Waals surface area contributed by atoms with Crippen LogP contribution in [0.3, 0.4) is 0 Å². The number of benzene rings is 3. The lowest BCUT2D eigenvalue weighted by Crippen LogP contribution is -2.31. The van der Waals surface area contributed by atoms with Gasteiger partial charge in [0.1, 0.15) is 11.5 Å². The Kier molecular flexibility index (Phi) is 25.8. The molecule has 8 heteroatoms. The molecule has 11 rings (SSSR count). The standard InChI is InChI=1S/C86H112O4S4/c1-8-14-20-26-28-34-56-89-77-73-75-83(79-70(58-69(60-87)91-79)85(75,65-48-40-61(41-49-65)36-30-22-16-10-3)66-50-42-62(43-51-66)37-31-23-17-11-4)93-81(73)78(90-57-35-29-27-21-15-9-2)74-76-84(94-82(74)77)80-71(59-72(88-7)92-80)86(76,67-52-44-63(45-53-67)38-32-24-18-12-5)68-54-46-64(47-55-68)39-33-25-19-13-6/h40-42,44-46,48-50,52-54,58-60H,8-39,43,47,51,55-57H2,1-7H3. The molecule has 4 aromatic heterocycles. The van der Waals surface area contributed by atoms with Crippen molar-refractivity contribution in [2.24, 2.45) is 0 Å². The first-order valence-corrected chi connectivity index (χ1v) is 41.2. The summed E-state index contributed by atoms with van der Waals surface area (Å²) in [5.41, 5.74) is 15.5. The van der Waals surface area contributed by atoms with Gasteiger partial charge in [-0.1, -0.05) is 289 Å². The third-order valence-corrected chi connectivity index (χ3v) is 26.3. The zero-order chi connectivity index (χ0) is 65.3. The number of hydrogen-bond acceptors (Lipinski definition) is 8. The van der Waals surface area contributed by atoms with Crippen molar-refractivity contribution in [2.45, 2.75) is 284 Å². The number of thiophene rings is 4. The van der Waals surface area contributed by atoms with Gasteiger partial charge in [-0.15, -0.1) is 34.0 Å². The molecule has 0 saturated carbocycles. The van der Waals surface area contributed by atoms with Crippen molar-refractivity contribution in [2.75, 3.05) is 20.3 Å². The summed E-state index contributed by atoms with van der Waals surface area (Å²) in [5.74, 6) is 2.06. The van der Waals surface area contributed by atoms with Gasteiger partial charge in [-0.05, 0) is 135 Å². The Morgan fingerprint density at radius 2 is 0.787 bits per heavy atom. The third-order valence-electron chi connectivity index (χ3n) is 21.5. The molecule has 4 nitrogen and oxygen atoms in total. The van der Waals surface area contributed by atoms with E-state index in [0.717, 1.165) is 98.4 Å². The molecule has 0 radical (unpaired) electrons. The van der Waals surface area contributed by atoms with E-state index in [0.29, 0.717) is 13.2 Å². The zero-order valence-corrected chi connectivity index (χ0v) is 62.1. The Bertz CT molecular complexity index is 3720. The van der Waals surface area contributed by atoms with E-state index in [-0.39, 0.29) is 0 Å². The molecule has 504 valence electrons. The summed E-state index contributed by atoms with van der Waals surface area (Å²) in [4.78, 5) is 19.4. The van der Waals surface area contributed by atoms with E-state index in [1.165, 1.54) is 256 Å². The minimum atomic E-state index is -0.669. The van der Waals surface area contributed by atoms with Crippen LogP contribution in [0.25, 0.3) is 39.7 Å². The second kappa shape index (κ2) is 34.5. The van der Waals surface area contributed by atoms with E-state index in [4.69, 9.17) is 14.2 Å². The molecule has 3 aromatic carbocycles. The molecule has 0 amide bonds. The van der Waals surface area contributed by atoms with Gasteiger partial charge in [0, 0.05) is 21.9 Å². The van der Waals surface area contributed by atoms with Crippen LogP contribution < -0.4 is 14.2 Å². The fraction of sp³-hybridized carbons (Fsp3) is 0.547. The van der Waals surface area contributed by atoms with Gasteiger partial charge in [-0.3, -0.25) is 4.79 Å². The van der Waals surface area contributed by atoms with Crippen molar-refractivity contribution < 1.29 is 19.0 Å². The van der Waals surface area contributed by atoms with Crippen molar-refractivity contribution in [3.05, 3.63) is 157 Å². The van der Waals surface area contributed by atoms with Crippen LogP contribution in [0, 0.1) is 0 Å². The minimum Gasteiger partial charge on any atom is -0.491 e. The summed E-state index contributed by atoms with van der Waals surface area (Å²) in [6.07, 6.45) is 54.3. The van der Waals surface area contributed by atoms with Gasteiger partial charge in [0.05, 0.1) is 64.9 Å². The number of hydrogen-bond donors (Lipinski definition) is 0. The molecule has 4 aliphatic rings. The summed E-state index contributed by atoms with van der Waals surface area (Å²) in [7, 11) is 1.86. The number of aryl methyl sites for hydroxylation is 2. The molecule has 0 fully saturated rings. The molecule has 2 unspecified atom stereocenters. The van der Waals surface area contributed by atoms with E-state index in [1.807, 2.05) is 41.1 Å². The smallest absolute Gasteiger partial charge is 0.174 e. The van der Waals surface area contributed by atoms with Crippen LogP contribution >= 0.6 is 45.3 Å². The molecule has 0 bridgehead atoms. The van der Waals surface area contributed by atoms with Gasteiger partial charge in [0.2, 0.25) is 0 Å². The zero-order valence-electron chi connectivity index (χ0n) is 58.8. The highest BCUT2D eigenvalue weighted by Crippen LogP contribution is 2.71. The van der Waals surface area contributed by atoms with Crippen LogP contribution in [0.15, 0.2) is 107 Å². The maximum absolute atomic E-state index is 13.4. The number of unbranched alkanes of at least 4 members (excludes halogenated alkanes) is 22. The highest BCUT2D eigenvalue weighted by Gasteiger charge is 2.55. The highest BCUT2D eigenvalue weighted by atomic mass is 32.1. The maximum Gasteiger partial charge on any atom is 0.174 e. The fourth-order valence-corrected chi connectivity index (χ4v) is 21.4. The first-order valence-electron chi connectivity index (χ1n) is 37.9. The molecule has 2 atom stereocenters. The Balaban J connectivity index is 1.22. The number of aldehydes is 1. The van der Waals surface area contributed by atoms with E-state index in [1.54, 1.807) is 22.5 Å². The van der Waals surface area contributed by atoms with E-state index in [9.17, 15) is 4.79 Å². The lowest BCUT2D eigenvalue weighted by atomic mass is 9.64. The summed E-state index contributed by atoms with van der Waals surface area (Å²) >= 11 is 7.44. The van der Waals surface area contributed by atoms with Crippen LogP contribution in [0.1, 0.15) is 314 Å². The monoisotopic (exact) mass is 1340 g/mol. The van der Waals surface area contributed by atoms with Crippen molar-refractivity contribution in [1.29, 1.82) is 0 Å². The molecule has 7 aromatic rings. The Hall–Kier alpha value is -4.99. The van der Waals surface area contributed by atoms with E-state index >= 15 is 0 Å². The number of carbonyl (C=O) groups excluding carboxylic acids is 1. The first kappa shape index (κ1) is 70.3. The Morgan fingerprint density at radius 3 is 1.18 bits per heavy atom. The molecule has 0 saturated heterocycles. The number of carbonyl (C=O) groups is 1. The van der Waals surface area contributed by atoms with Gasteiger partial charge in [-0.25, -0.2) is 0 Å². The second-order valence-electron chi connectivity index (χ2n) is 28.1. The Morgan fingerprint density at radius 1 is 0.404 bits per heavy atom. The number of rotatable bonds is 42. The number of fused-ring (bicyclic) bond motifs is 10. The van der Waals surface area contributed by atoms with Crippen LogP contribution in [-0.2, 0) is 23.7 Å². The number of ether oxygens (including phenoxy) is 3. The fourth-order valence-electron chi connectivity index (χ4n) is 16.3. The third kappa shape index (κ3) is 14.7. The van der Waals surface area contributed by atoms with Crippen molar-refractivity contribution >= 4 is 71.8 Å². The molecule has 0 N–H and O–H groups in total. The van der Waals surface area contributed by atoms with Crippen LogP contribution in [0.5, 0.6) is 16.6 Å². The first-order chi connectivity index (χ1) is 46.3. The Labute approximate surface area is 583 Å². The molecular formula is C86H112O4S4. The minimum absolute atomic E-state index is 0.612. The molecule has 0 spiro atoms. The van der Waals surface area contributed by atoms with Crippen molar-refractivity contribution in [1.82, 2.24) is 0 Å². The van der Waals surface area contributed by atoms with Crippen molar-refractivity contribution in [3.63, 3.8) is 0 Å². The SMILES string of the molecule is CCCCCCCCOc1c2sc3c(c2c(OCCCCCCCC)c2sc4c(c12)C(C1=CC=C(CCCCCC)CC1)(c1ccc(CCCCCC)cc1)c1cc(C=O)sc1-4)C(C1=CC=C(CCCCCC)CC1)(c1ccc(CCCCCC)cc1)c1cc(OC)sc1-3. The molecule has 94 heavy (non-hydrogen) atoms. The summed E-state index contributed by atoms with van der Waals surface area (Å²) in [6.45, 7) is 15.2. The summed E-state index contributed by atoms with van der Waals surface area (Å²) in [5, 5.41) is 3.42. The van der Waals surface area contributed by atoms with Gasteiger partial charge >= 0.3 is 0 Å². The lowest BCUT2D eigenvalue weighted by molar-refractivity contribution is 0.112. The predicted molar refractivity (Wildman–Crippen MR) is 410 cm³/mol. The van der Waals surface area contributed by atoms with Crippen LogP contribution in [0.4, 0.5) is 0 Å². The predicted octanol–water partition coefficient (Wildman–Crippen LogP) is 27.6. The van der Waals surface area contributed by atoms with Crippen molar-refractivity contribution in [3.8, 4) is 36.1 Å². The lowest BCUT2D eigenvalue weighted by Gasteiger charge is -2.37. The van der Waals surface area contributed by atoms with E-state index in [2.05, 4.69) is 127 Å². The number of methoxy groups -OCH3 is 1. The normalized spacial score (nSPS) is 17.3. The number of allylic oxidation sites excluding steroid dienone is 8. The molecular weight excluding hydrogens is 1230 g/mol. The largest absolute Gasteiger partial charge is 0.491 e. The summed E-state index contributed by atoms with van der Waals surface area (Å²) in [6, 6.07) is 24.6. The average Bonchev–Trinajstić information content (AvgIpc) is 1.49. The van der Waals surface area contributed by atoms with Gasteiger partial charge < -0.3 is 14.2 Å². The van der Waals surface area contributed by atoms with E-state index < -0.39 is 10.8 Å². The second-order valence-corrected chi connectivity index (χ2v) is 32.2.